The molecule has 4 aromatic heterocycles. The molecule has 0 fully saturated rings. The van der Waals surface area contributed by atoms with E-state index in [4.69, 9.17) is 12.6 Å². The van der Waals surface area contributed by atoms with Crippen LogP contribution in [0, 0.1) is 0 Å². The van der Waals surface area contributed by atoms with Gasteiger partial charge in [0.05, 0.1) is 77.8 Å². The van der Waals surface area contributed by atoms with Crippen LogP contribution in [0.4, 0.5) is 34.1 Å². The molecule has 0 N–H and O–H groups in total. The zero-order valence-electron chi connectivity index (χ0n) is 77.6. The summed E-state index contributed by atoms with van der Waals surface area (Å²) in [6.45, 7) is 19.3. The Morgan fingerprint density at radius 1 is 0.284 bits per heavy atom. The van der Waals surface area contributed by atoms with E-state index in [0.29, 0.717) is 33.4 Å². The summed E-state index contributed by atoms with van der Waals surface area (Å²) in [7, 11) is 0. The Bertz CT molecular complexity index is 7740. The molecule has 7 heteroatoms. The van der Waals surface area contributed by atoms with E-state index in [1.807, 2.05) is 78.9 Å². The average molecular weight is 1420 g/mol. The van der Waals surface area contributed by atoms with Crippen molar-refractivity contribution in [1.82, 2.24) is 13.7 Å². The minimum atomic E-state index is -0.676. The molecule has 19 aromatic rings. The monoisotopic (exact) mass is 1420 g/mol. The Labute approximate surface area is 658 Å². The van der Waals surface area contributed by atoms with E-state index >= 15 is 0 Å². The molecular weight excluding hydrogens is 1320 g/mol. The van der Waals surface area contributed by atoms with Gasteiger partial charge >= 0.3 is 0 Å². The quantitative estimate of drug-likeness (QED) is 0.142. The minimum Gasteiger partial charge on any atom is -0.452 e. The number of benzene rings is 15. The Morgan fingerprint density at radius 3 is 1.25 bits per heavy atom. The molecule has 0 saturated heterocycles. The Morgan fingerprint density at radius 2 is 0.706 bits per heavy atom. The van der Waals surface area contributed by atoms with E-state index in [2.05, 4.69) is 216 Å². The summed E-state index contributed by atoms with van der Waals surface area (Å²) in [6, 6.07) is 69.7. The fraction of sp³-hybridized carbons (Fsp3) is 0.118. The highest BCUT2D eigenvalue weighted by molar-refractivity contribution is 7.00. The molecule has 6 heterocycles. The number of aromatic nitrogens is 3. The SMILES string of the molecule is [2H]c1c([2H])c([2H])c2c(c1[2H])c1c([2H])c([2H])c([2H])c([2H])c1n2-c1ccc2c(c1)N(c1c(-c3ccccc3)cccc1-c1ccccc1)c1cc(-n3c4ccc(C(C)(C)C)cc4c4cc(C(C)(C)C)ccc43)cc3c1B2c1ccc(-c2cccc(C(C)(C)C)c2)cc1N3c1cccc2c1oc1c(-n3c4c([2H])c([2H])c([2H])c([2H])c4c4c([2H])c([2H])c([2H])c([2H])c43)cccc12. The number of fused-ring (bicyclic) bond motifs is 16. The largest absolute Gasteiger partial charge is 0.452 e. The fourth-order valence-corrected chi connectivity index (χ4v) is 17.3. The Kier molecular flexibility index (Phi) is 10.9. The third-order valence-corrected chi connectivity index (χ3v) is 22.6. The second-order valence-corrected chi connectivity index (χ2v) is 32.1. The normalized spacial score (nSPS) is 15.2. The molecule has 6 nitrogen and oxygen atoms in total. The molecule has 0 amide bonds. The van der Waals surface area contributed by atoms with Crippen LogP contribution in [-0.2, 0) is 16.2 Å². The molecule has 0 aliphatic carbocycles. The first-order chi connectivity index (χ1) is 59.6. The first kappa shape index (κ1) is 49.9. The van der Waals surface area contributed by atoms with Gasteiger partial charge in [-0.1, -0.05) is 293 Å². The third kappa shape index (κ3) is 9.88. The van der Waals surface area contributed by atoms with Gasteiger partial charge in [-0.2, -0.15) is 0 Å². The molecule has 0 saturated carbocycles. The van der Waals surface area contributed by atoms with Crippen LogP contribution >= 0.6 is 0 Å². The van der Waals surface area contributed by atoms with Crippen LogP contribution in [0.25, 0.3) is 138 Å². The van der Waals surface area contributed by atoms with Gasteiger partial charge in [-0.05, 0) is 162 Å². The van der Waals surface area contributed by atoms with Gasteiger partial charge in [0.25, 0.3) is 6.71 Å². The number of anilines is 6. The third-order valence-electron chi connectivity index (χ3n) is 22.6. The summed E-state index contributed by atoms with van der Waals surface area (Å²) >= 11 is 0. The molecule has 21 rings (SSSR count). The molecule has 2 aliphatic heterocycles. The highest BCUT2D eigenvalue weighted by Gasteiger charge is 2.46. The lowest BCUT2D eigenvalue weighted by molar-refractivity contribution is 0.590. The van der Waals surface area contributed by atoms with Gasteiger partial charge in [0.2, 0.25) is 0 Å². The summed E-state index contributed by atoms with van der Waals surface area (Å²) in [4.78, 5) is 4.65. The lowest BCUT2D eigenvalue weighted by Crippen LogP contribution is -2.61. The maximum absolute atomic E-state index is 9.92. The smallest absolute Gasteiger partial charge is 0.252 e. The fourth-order valence-electron chi connectivity index (χ4n) is 17.3. The van der Waals surface area contributed by atoms with Gasteiger partial charge < -0.3 is 27.9 Å². The van der Waals surface area contributed by atoms with Crippen molar-refractivity contribution in [3.05, 3.63) is 338 Å². The second kappa shape index (κ2) is 23.8. The van der Waals surface area contributed by atoms with E-state index in [0.717, 1.165) is 117 Å². The van der Waals surface area contributed by atoms with Crippen molar-refractivity contribution in [2.75, 3.05) is 9.80 Å². The summed E-state index contributed by atoms with van der Waals surface area (Å²) < 4.78 is 164. The number of rotatable bonds is 8. The first-order valence-electron chi connectivity index (χ1n) is 45.1. The summed E-state index contributed by atoms with van der Waals surface area (Å²) in [6.07, 6.45) is 0. The van der Waals surface area contributed by atoms with Crippen LogP contribution in [0.3, 0.4) is 0 Å². The minimum absolute atomic E-state index is 0.0278. The highest BCUT2D eigenvalue weighted by atomic mass is 16.3. The molecule has 522 valence electrons. The van der Waals surface area contributed by atoms with Gasteiger partial charge in [0, 0.05) is 82.7 Å². The van der Waals surface area contributed by atoms with Gasteiger partial charge in [-0.25, -0.2) is 0 Å². The van der Waals surface area contributed by atoms with Crippen LogP contribution in [0.5, 0.6) is 0 Å². The molecule has 15 aromatic carbocycles. The topological polar surface area (TPSA) is 34.4 Å². The summed E-state index contributed by atoms with van der Waals surface area (Å²) in [5.41, 5.74) is 18.4. The Hall–Kier alpha value is -12.8. The van der Waals surface area contributed by atoms with Gasteiger partial charge in [0.15, 0.2) is 11.2 Å². The van der Waals surface area contributed by atoms with Crippen LogP contribution in [0.2, 0.25) is 0 Å². The van der Waals surface area contributed by atoms with E-state index in [1.54, 1.807) is 10.6 Å². The van der Waals surface area contributed by atoms with Crippen molar-refractivity contribution in [1.29, 1.82) is 0 Å². The summed E-state index contributed by atoms with van der Waals surface area (Å²) in [5, 5.41) is 3.09. The lowest BCUT2D eigenvalue weighted by Gasteiger charge is -2.45. The zero-order chi connectivity index (χ0) is 87.4. The molecule has 0 unspecified atom stereocenters. The van der Waals surface area contributed by atoms with Crippen LogP contribution < -0.4 is 26.2 Å². The predicted molar refractivity (Wildman–Crippen MR) is 463 cm³/mol. The molecular formula is C102H80BN5O. The molecule has 2 aliphatic rings. The van der Waals surface area contributed by atoms with Crippen molar-refractivity contribution in [2.24, 2.45) is 0 Å². The second-order valence-electron chi connectivity index (χ2n) is 32.1. The van der Waals surface area contributed by atoms with E-state index < -0.39 is 103 Å². The number of para-hydroxylation sites is 7. The number of hydrogen-bond acceptors (Lipinski definition) is 3. The van der Waals surface area contributed by atoms with E-state index in [1.165, 1.54) is 4.57 Å². The number of nitrogens with zero attached hydrogens (tertiary/aromatic N) is 5. The predicted octanol–water partition coefficient (Wildman–Crippen LogP) is 25.9. The van der Waals surface area contributed by atoms with Gasteiger partial charge in [0.1, 0.15) is 0 Å². The average Bonchev–Trinajstić information content (AvgIpc) is 1.63. The molecule has 0 spiro atoms. The van der Waals surface area contributed by atoms with Crippen molar-refractivity contribution in [2.45, 2.75) is 78.6 Å². The maximum Gasteiger partial charge on any atom is 0.252 e. The van der Waals surface area contributed by atoms with Gasteiger partial charge in [-0.3, -0.25) is 0 Å². The van der Waals surface area contributed by atoms with Crippen molar-refractivity contribution < 1.29 is 26.3 Å². The van der Waals surface area contributed by atoms with Crippen LogP contribution in [-0.4, -0.2) is 20.4 Å². The molecule has 0 atom stereocenters. The zero-order valence-corrected chi connectivity index (χ0v) is 61.6. The first-order valence-corrected chi connectivity index (χ1v) is 37.1. The standard InChI is InChI=1S/C102H80BN5O/c1-100(2,3)67-33-24-32-65(56-67)66-48-52-82-92(57-66)107(91-47-27-41-79-78-40-26-46-90(98(78)109-99(79)91)106-86-44-22-18-36-76(86)77-37-19-23-45-87(77)106)94-61-71(105-88-54-49-68(101(4,5)6)58-80(88)81-59-69(102(7,8)9)50-55-89(81)105)62-95-96(94)103(82)83-53-51-70(104-84-42-20-16-34-74(84)75-35-17-21-43-85(75)104)60-93(83)108(95)97-72(63-28-12-10-13-29-63)38-25-39-73(97)64-30-14-11-15-31-64/h10-62H,1-9H3/i16D,17D,18D,19D,20D,21D,22D,23D,34D,35D,36D,37D,42D,43D,44D,45D. The van der Waals surface area contributed by atoms with Crippen molar-refractivity contribution in [3.63, 3.8) is 0 Å². The van der Waals surface area contributed by atoms with E-state index in [9.17, 15) is 13.7 Å². The molecule has 109 heavy (non-hydrogen) atoms. The highest BCUT2D eigenvalue weighted by Crippen LogP contribution is 2.54. The van der Waals surface area contributed by atoms with Gasteiger partial charge in [-0.15, -0.1) is 0 Å². The summed E-state index contributed by atoms with van der Waals surface area (Å²) in [5.74, 6) is 0. The molecule has 0 radical (unpaired) electrons. The van der Waals surface area contributed by atoms with Crippen LogP contribution in [0.1, 0.15) is 101 Å². The van der Waals surface area contributed by atoms with E-state index in [-0.39, 0.29) is 71.1 Å². The Balaban J connectivity index is 0.956. The number of furan rings is 1. The lowest BCUT2D eigenvalue weighted by atomic mass is 9.33. The van der Waals surface area contributed by atoms with Crippen LogP contribution in [0.15, 0.2) is 326 Å². The van der Waals surface area contributed by atoms with Crippen molar-refractivity contribution >= 4 is 145 Å². The molecule has 0 bridgehead atoms. The van der Waals surface area contributed by atoms with Crippen molar-refractivity contribution in [3.8, 4) is 50.4 Å². The maximum atomic E-state index is 9.92. The number of hydrogen-bond donors (Lipinski definition) is 0.